The maximum atomic E-state index is 13.6. The Morgan fingerprint density at radius 1 is 1.26 bits per heavy atom. The van der Waals surface area contributed by atoms with E-state index in [1.165, 1.54) is 12.4 Å². The zero-order chi connectivity index (χ0) is 13.2. The minimum atomic E-state index is -0.344. The number of rotatable bonds is 3. The molecule has 0 atom stereocenters. The highest BCUT2D eigenvalue weighted by Crippen LogP contribution is 2.21. The van der Waals surface area contributed by atoms with Gasteiger partial charge in [0.1, 0.15) is 23.5 Å². The molecule has 19 heavy (non-hydrogen) atoms. The molecule has 2 aromatic heterocycles. The van der Waals surface area contributed by atoms with Gasteiger partial charge in [0.05, 0.1) is 12.2 Å². The third-order valence-corrected chi connectivity index (χ3v) is 2.97. The molecule has 6 heteroatoms. The number of benzene rings is 1. The highest BCUT2D eigenvalue weighted by molar-refractivity contribution is 5.89. The quantitative estimate of drug-likeness (QED) is 0.780. The normalized spacial score (nSPS) is 10.8. The van der Waals surface area contributed by atoms with Crippen LogP contribution in [0.1, 0.15) is 5.69 Å². The van der Waals surface area contributed by atoms with Crippen molar-refractivity contribution in [2.75, 3.05) is 5.32 Å². The van der Waals surface area contributed by atoms with Crippen LogP contribution >= 0.6 is 0 Å². The van der Waals surface area contributed by atoms with E-state index < -0.39 is 0 Å². The van der Waals surface area contributed by atoms with Crippen molar-refractivity contribution in [1.82, 2.24) is 19.7 Å². The summed E-state index contributed by atoms with van der Waals surface area (Å²) < 4.78 is 15.4. The third-order valence-electron chi connectivity index (χ3n) is 2.97. The molecule has 96 valence electrons. The second-order valence-corrected chi connectivity index (χ2v) is 4.16. The van der Waals surface area contributed by atoms with E-state index in [-0.39, 0.29) is 5.82 Å². The molecule has 0 aliphatic rings. The van der Waals surface area contributed by atoms with Crippen LogP contribution < -0.4 is 5.32 Å². The molecule has 5 nitrogen and oxygen atoms in total. The van der Waals surface area contributed by atoms with E-state index in [0.29, 0.717) is 23.3 Å². The monoisotopic (exact) mass is 257 g/mol. The maximum Gasteiger partial charge on any atom is 0.149 e. The van der Waals surface area contributed by atoms with Gasteiger partial charge in [-0.1, -0.05) is 6.07 Å². The zero-order valence-corrected chi connectivity index (χ0v) is 10.3. The molecule has 3 rings (SSSR count). The average Bonchev–Trinajstić information content (AvgIpc) is 2.82. The number of aryl methyl sites for hydroxylation is 1. The van der Waals surface area contributed by atoms with E-state index in [0.717, 1.165) is 5.69 Å². The highest BCUT2D eigenvalue weighted by atomic mass is 19.1. The van der Waals surface area contributed by atoms with Gasteiger partial charge in [0.25, 0.3) is 0 Å². The number of aromatic nitrogens is 4. The Hall–Kier alpha value is -2.50. The zero-order valence-electron chi connectivity index (χ0n) is 10.3. The lowest BCUT2D eigenvalue weighted by Gasteiger charge is -2.08. The Labute approximate surface area is 109 Å². The van der Waals surface area contributed by atoms with Gasteiger partial charge in [0.2, 0.25) is 0 Å². The van der Waals surface area contributed by atoms with Gasteiger partial charge >= 0.3 is 0 Å². The molecule has 0 saturated heterocycles. The molecular formula is C13H12FN5. The van der Waals surface area contributed by atoms with Crippen LogP contribution in [0.15, 0.2) is 36.8 Å². The Balaban J connectivity index is 1.93. The van der Waals surface area contributed by atoms with Crippen LogP contribution in [0, 0.1) is 5.82 Å². The maximum absolute atomic E-state index is 13.6. The molecule has 1 N–H and O–H groups in total. The Morgan fingerprint density at radius 3 is 2.95 bits per heavy atom. The van der Waals surface area contributed by atoms with E-state index >= 15 is 0 Å². The van der Waals surface area contributed by atoms with E-state index in [1.807, 2.05) is 13.1 Å². The minimum absolute atomic E-state index is 0.324. The number of anilines is 1. The molecule has 0 fully saturated rings. The van der Waals surface area contributed by atoms with Crippen LogP contribution in [0.2, 0.25) is 0 Å². The summed E-state index contributed by atoms with van der Waals surface area (Å²) in [6.07, 6.45) is 3.09. The number of nitrogens with zero attached hydrogens (tertiary/aromatic N) is 4. The van der Waals surface area contributed by atoms with Gasteiger partial charge < -0.3 is 5.32 Å². The minimum Gasteiger partial charge on any atom is -0.364 e. The fourth-order valence-electron chi connectivity index (χ4n) is 1.94. The Kier molecular flexibility index (Phi) is 2.83. The van der Waals surface area contributed by atoms with E-state index in [1.54, 1.807) is 23.0 Å². The molecule has 2 heterocycles. The summed E-state index contributed by atoms with van der Waals surface area (Å²) in [5.41, 5.74) is 1.34. The summed E-state index contributed by atoms with van der Waals surface area (Å²) in [7, 11) is 1.87. The average molecular weight is 257 g/mol. The van der Waals surface area contributed by atoms with Gasteiger partial charge in [-0.25, -0.2) is 14.4 Å². The molecule has 0 spiro atoms. The summed E-state index contributed by atoms with van der Waals surface area (Å²) in [4.78, 5) is 8.12. The topological polar surface area (TPSA) is 55.6 Å². The molecular weight excluding hydrogens is 245 g/mol. The fourth-order valence-corrected chi connectivity index (χ4v) is 1.94. The van der Waals surface area contributed by atoms with Crippen LogP contribution in [0.5, 0.6) is 0 Å². The first-order valence-corrected chi connectivity index (χ1v) is 5.85. The molecule has 0 unspecified atom stereocenters. The number of hydrogen-bond acceptors (Lipinski definition) is 4. The Morgan fingerprint density at radius 2 is 2.16 bits per heavy atom. The SMILES string of the molecule is Cn1nccc1CNc1ncnc2c(F)cccc12. The summed E-state index contributed by atoms with van der Waals surface area (Å²) >= 11 is 0. The van der Waals surface area contributed by atoms with Crippen molar-refractivity contribution in [3.63, 3.8) is 0 Å². The van der Waals surface area contributed by atoms with Crippen molar-refractivity contribution >= 4 is 16.7 Å². The lowest BCUT2D eigenvalue weighted by Crippen LogP contribution is -2.07. The first-order chi connectivity index (χ1) is 9.25. The van der Waals surface area contributed by atoms with E-state index in [2.05, 4.69) is 20.4 Å². The largest absolute Gasteiger partial charge is 0.364 e. The predicted molar refractivity (Wildman–Crippen MR) is 70.0 cm³/mol. The van der Waals surface area contributed by atoms with Crippen LogP contribution in [0.3, 0.4) is 0 Å². The van der Waals surface area contributed by atoms with Gasteiger partial charge in [-0.15, -0.1) is 0 Å². The van der Waals surface area contributed by atoms with Crippen LogP contribution in [0.25, 0.3) is 10.9 Å². The number of nitrogens with one attached hydrogen (secondary N) is 1. The second-order valence-electron chi connectivity index (χ2n) is 4.16. The lowest BCUT2D eigenvalue weighted by molar-refractivity contribution is 0.636. The van der Waals surface area contributed by atoms with Gasteiger partial charge in [-0.2, -0.15) is 5.10 Å². The highest BCUT2D eigenvalue weighted by Gasteiger charge is 2.07. The van der Waals surface area contributed by atoms with E-state index in [9.17, 15) is 4.39 Å². The molecule has 1 aromatic carbocycles. The van der Waals surface area contributed by atoms with Crippen LogP contribution in [0.4, 0.5) is 10.2 Å². The molecule has 0 bridgehead atoms. The number of para-hydroxylation sites is 1. The fraction of sp³-hybridized carbons (Fsp3) is 0.154. The second kappa shape index (κ2) is 4.64. The molecule has 0 amide bonds. The van der Waals surface area contributed by atoms with Crippen molar-refractivity contribution in [2.24, 2.45) is 7.05 Å². The lowest BCUT2D eigenvalue weighted by atomic mass is 10.2. The molecule has 3 aromatic rings. The third kappa shape index (κ3) is 2.12. The van der Waals surface area contributed by atoms with Crippen LogP contribution in [-0.2, 0) is 13.6 Å². The van der Waals surface area contributed by atoms with Gasteiger partial charge in [-0.05, 0) is 18.2 Å². The summed E-state index contributed by atoms with van der Waals surface area (Å²) in [5, 5.41) is 7.94. The van der Waals surface area contributed by atoms with Gasteiger partial charge in [-0.3, -0.25) is 4.68 Å². The molecule has 0 aliphatic carbocycles. The van der Waals surface area contributed by atoms with Crippen LogP contribution in [-0.4, -0.2) is 19.7 Å². The first kappa shape index (κ1) is 11.6. The van der Waals surface area contributed by atoms with Crippen molar-refractivity contribution in [2.45, 2.75) is 6.54 Å². The number of fused-ring (bicyclic) bond motifs is 1. The summed E-state index contributed by atoms with van der Waals surface area (Å²) in [6.45, 7) is 0.569. The molecule has 0 aliphatic heterocycles. The Bertz CT molecular complexity index is 722. The summed E-state index contributed by atoms with van der Waals surface area (Å²) in [5.74, 6) is 0.272. The summed E-state index contributed by atoms with van der Waals surface area (Å²) in [6, 6.07) is 6.75. The van der Waals surface area contributed by atoms with Crippen molar-refractivity contribution in [1.29, 1.82) is 0 Å². The van der Waals surface area contributed by atoms with Crippen molar-refractivity contribution in [3.8, 4) is 0 Å². The van der Waals surface area contributed by atoms with Crippen molar-refractivity contribution in [3.05, 3.63) is 48.3 Å². The van der Waals surface area contributed by atoms with Gasteiger partial charge in [0, 0.05) is 18.6 Å². The number of hydrogen-bond donors (Lipinski definition) is 1. The standard InChI is InChI=1S/C13H12FN5/c1-19-9(5-6-18-19)7-15-13-10-3-2-4-11(14)12(10)16-8-17-13/h2-6,8H,7H2,1H3,(H,15,16,17). The first-order valence-electron chi connectivity index (χ1n) is 5.85. The van der Waals surface area contributed by atoms with E-state index in [4.69, 9.17) is 0 Å². The molecule has 0 saturated carbocycles. The van der Waals surface area contributed by atoms with Crippen molar-refractivity contribution < 1.29 is 4.39 Å². The predicted octanol–water partition coefficient (Wildman–Crippen LogP) is 2.11. The smallest absolute Gasteiger partial charge is 0.149 e. The molecule has 0 radical (unpaired) electrons. The number of halogens is 1. The van der Waals surface area contributed by atoms with Gasteiger partial charge in [0.15, 0.2) is 0 Å².